The molecule has 2 rings (SSSR count). The summed E-state index contributed by atoms with van der Waals surface area (Å²) in [6.07, 6.45) is 5.75. The van der Waals surface area contributed by atoms with Crippen LogP contribution in [0.25, 0.3) is 0 Å². The summed E-state index contributed by atoms with van der Waals surface area (Å²) in [5, 5.41) is 9.18. The first-order valence-electron chi connectivity index (χ1n) is 4.25. The van der Waals surface area contributed by atoms with Crippen LogP contribution < -0.4 is 4.90 Å². The lowest BCUT2D eigenvalue weighted by Gasteiger charge is -2.16. The van der Waals surface area contributed by atoms with Gasteiger partial charge < -0.3 is 10.0 Å². The van der Waals surface area contributed by atoms with Crippen LogP contribution in [0.4, 0.5) is 5.69 Å². The van der Waals surface area contributed by atoms with Crippen LogP contribution in [0.15, 0.2) is 18.5 Å². The monoisotopic (exact) mass is 164 g/mol. The van der Waals surface area contributed by atoms with Crippen LogP contribution >= 0.6 is 0 Å². The van der Waals surface area contributed by atoms with Gasteiger partial charge in [-0.2, -0.15) is 0 Å². The molecule has 0 spiro atoms. The Balaban J connectivity index is 2.21. The first-order valence-corrected chi connectivity index (χ1v) is 4.25. The molecule has 0 radical (unpaired) electrons. The van der Waals surface area contributed by atoms with Gasteiger partial charge in [-0.05, 0) is 12.8 Å². The van der Waals surface area contributed by atoms with E-state index >= 15 is 0 Å². The quantitative estimate of drug-likeness (QED) is 0.681. The molecular weight excluding hydrogens is 152 g/mol. The second-order valence-electron chi connectivity index (χ2n) is 3.10. The third kappa shape index (κ3) is 1.35. The highest BCUT2D eigenvalue weighted by molar-refractivity contribution is 5.48. The van der Waals surface area contributed by atoms with Gasteiger partial charge in [0, 0.05) is 19.2 Å². The van der Waals surface area contributed by atoms with Crippen molar-refractivity contribution in [1.29, 1.82) is 0 Å². The molecule has 3 heteroatoms. The Bertz CT molecular complexity index is 269. The molecule has 0 unspecified atom stereocenters. The lowest BCUT2D eigenvalue weighted by Crippen LogP contribution is -2.17. The van der Waals surface area contributed by atoms with Gasteiger partial charge in [0.05, 0.1) is 18.1 Å². The van der Waals surface area contributed by atoms with E-state index in [2.05, 4.69) is 9.88 Å². The van der Waals surface area contributed by atoms with Gasteiger partial charge in [-0.15, -0.1) is 0 Å². The van der Waals surface area contributed by atoms with Crippen LogP contribution in [0.5, 0.6) is 5.75 Å². The van der Waals surface area contributed by atoms with E-state index in [1.165, 1.54) is 19.0 Å². The van der Waals surface area contributed by atoms with Crippen molar-refractivity contribution in [3.8, 4) is 5.75 Å². The average molecular weight is 164 g/mol. The molecule has 1 aromatic heterocycles. The normalized spacial score (nSPS) is 16.8. The fourth-order valence-electron chi connectivity index (χ4n) is 1.56. The maximum absolute atomic E-state index is 9.18. The van der Waals surface area contributed by atoms with Crippen molar-refractivity contribution in [2.45, 2.75) is 12.8 Å². The van der Waals surface area contributed by atoms with Crippen LogP contribution in [0.1, 0.15) is 12.8 Å². The van der Waals surface area contributed by atoms with E-state index in [0.717, 1.165) is 18.8 Å². The van der Waals surface area contributed by atoms with E-state index in [9.17, 15) is 5.11 Å². The van der Waals surface area contributed by atoms with E-state index in [1.807, 2.05) is 0 Å². The molecule has 2 heterocycles. The van der Waals surface area contributed by atoms with Crippen molar-refractivity contribution in [2.75, 3.05) is 18.0 Å². The molecule has 3 nitrogen and oxygen atoms in total. The molecule has 1 N–H and O–H groups in total. The first kappa shape index (κ1) is 7.40. The number of hydrogen-bond acceptors (Lipinski definition) is 3. The van der Waals surface area contributed by atoms with Gasteiger partial charge in [0.25, 0.3) is 0 Å². The molecule has 12 heavy (non-hydrogen) atoms. The summed E-state index contributed by atoms with van der Waals surface area (Å²) in [4.78, 5) is 6.18. The summed E-state index contributed by atoms with van der Waals surface area (Å²) >= 11 is 0. The zero-order chi connectivity index (χ0) is 8.39. The van der Waals surface area contributed by atoms with Gasteiger partial charge in [-0.1, -0.05) is 0 Å². The second-order valence-corrected chi connectivity index (χ2v) is 3.10. The Morgan fingerprint density at radius 3 is 2.67 bits per heavy atom. The minimum Gasteiger partial charge on any atom is -0.506 e. The van der Waals surface area contributed by atoms with Crippen LogP contribution in [-0.2, 0) is 0 Å². The number of nitrogens with zero attached hydrogens (tertiary/aromatic N) is 2. The minimum absolute atomic E-state index is 0.249. The van der Waals surface area contributed by atoms with E-state index in [4.69, 9.17) is 0 Å². The lowest BCUT2D eigenvalue weighted by atomic mass is 10.3. The van der Waals surface area contributed by atoms with Crippen molar-refractivity contribution in [1.82, 2.24) is 4.98 Å². The van der Waals surface area contributed by atoms with Crippen molar-refractivity contribution >= 4 is 5.69 Å². The third-order valence-electron chi connectivity index (χ3n) is 2.18. The van der Waals surface area contributed by atoms with Gasteiger partial charge in [0.2, 0.25) is 0 Å². The predicted molar refractivity (Wildman–Crippen MR) is 47.3 cm³/mol. The molecule has 0 amide bonds. The molecule has 1 aliphatic heterocycles. The molecular formula is C9H12N2O. The molecule has 0 aromatic carbocycles. The standard InChI is InChI=1S/C9H12N2O/c12-9-5-8(6-10-7-9)11-3-1-2-4-11/h5-7,12H,1-4H2. The summed E-state index contributed by atoms with van der Waals surface area (Å²) in [5.41, 5.74) is 1.03. The second kappa shape index (κ2) is 3.01. The minimum atomic E-state index is 0.249. The summed E-state index contributed by atoms with van der Waals surface area (Å²) in [6.45, 7) is 2.18. The number of anilines is 1. The van der Waals surface area contributed by atoms with E-state index < -0.39 is 0 Å². The zero-order valence-corrected chi connectivity index (χ0v) is 6.90. The fraction of sp³-hybridized carbons (Fsp3) is 0.444. The summed E-state index contributed by atoms with van der Waals surface area (Å²) in [7, 11) is 0. The first-order chi connectivity index (χ1) is 5.86. The molecule has 0 atom stereocenters. The van der Waals surface area contributed by atoms with Crippen molar-refractivity contribution < 1.29 is 5.11 Å². The van der Waals surface area contributed by atoms with Crippen molar-refractivity contribution in [3.63, 3.8) is 0 Å². The third-order valence-corrected chi connectivity index (χ3v) is 2.18. The predicted octanol–water partition coefficient (Wildman–Crippen LogP) is 1.39. The maximum Gasteiger partial charge on any atom is 0.135 e. The molecule has 0 aliphatic carbocycles. The number of hydrogen-bond donors (Lipinski definition) is 1. The molecule has 1 aromatic rings. The smallest absolute Gasteiger partial charge is 0.135 e. The Morgan fingerprint density at radius 1 is 1.25 bits per heavy atom. The van der Waals surface area contributed by atoms with Crippen molar-refractivity contribution in [2.24, 2.45) is 0 Å². The van der Waals surface area contributed by atoms with Gasteiger partial charge in [0.15, 0.2) is 0 Å². The van der Waals surface area contributed by atoms with Crippen LogP contribution in [-0.4, -0.2) is 23.2 Å². The number of pyridine rings is 1. The largest absolute Gasteiger partial charge is 0.506 e. The summed E-state index contributed by atoms with van der Waals surface area (Å²) in [5.74, 6) is 0.249. The average Bonchev–Trinajstić information content (AvgIpc) is 2.56. The molecule has 0 bridgehead atoms. The Morgan fingerprint density at radius 2 is 2.00 bits per heavy atom. The van der Waals surface area contributed by atoms with Crippen molar-refractivity contribution in [3.05, 3.63) is 18.5 Å². The van der Waals surface area contributed by atoms with Gasteiger partial charge in [-0.3, -0.25) is 4.98 Å². The fourth-order valence-corrected chi connectivity index (χ4v) is 1.56. The highest BCUT2D eigenvalue weighted by atomic mass is 16.3. The van der Waals surface area contributed by atoms with E-state index in [-0.39, 0.29) is 5.75 Å². The highest BCUT2D eigenvalue weighted by Gasteiger charge is 2.12. The van der Waals surface area contributed by atoms with Crippen LogP contribution in [0.2, 0.25) is 0 Å². The van der Waals surface area contributed by atoms with Gasteiger partial charge in [0.1, 0.15) is 5.75 Å². The molecule has 1 aliphatic rings. The van der Waals surface area contributed by atoms with E-state index in [0.29, 0.717) is 0 Å². The molecule has 0 saturated carbocycles. The van der Waals surface area contributed by atoms with Crippen LogP contribution in [0.3, 0.4) is 0 Å². The summed E-state index contributed by atoms with van der Waals surface area (Å²) in [6, 6.07) is 1.76. The Hall–Kier alpha value is -1.25. The number of aromatic hydroxyl groups is 1. The molecule has 1 saturated heterocycles. The summed E-state index contributed by atoms with van der Waals surface area (Å²) < 4.78 is 0. The highest BCUT2D eigenvalue weighted by Crippen LogP contribution is 2.21. The van der Waals surface area contributed by atoms with Gasteiger partial charge in [-0.25, -0.2) is 0 Å². The molecule has 1 fully saturated rings. The van der Waals surface area contributed by atoms with E-state index in [1.54, 1.807) is 12.3 Å². The number of rotatable bonds is 1. The van der Waals surface area contributed by atoms with Crippen LogP contribution in [0, 0.1) is 0 Å². The Labute approximate surface area is 71.7 Å². The topological polar surface area (TPSA) is 36.4 Å². The molecule has 64 valence electrons. The SMILES string of the molecule is Oc1cncc(N2CCCC2)c1. The number of aromatic nitrogens is 1. The maximum atomic E-state index is 9.18. The zero-order valence-electron chi connectivity index (χ0n) is 6.90. The lowest BCUT2D eigenvalue weighted by molar-refractivity contribution is 0.472. The Kier molecular flexibility index (Phi) is 1.86. The van der Waals surface area contributed by atoms with Gasteiger partial charge >= 0.3 is 0 Å².